The Labute approximate surface area is 187 Å². The highest BCUT2D eigenvalue weighted by atomic mass is 32.2. The highest BCUT2D eigenvalue weighted by Crippen LogP contribution is 2.35. The van der Waals surface area contributed by atoms with E-state index in [0.717, 1.165) is 32.1 Å². The molecule has 1 unspecified atom stereocenters. The van der Waals surface area contributed by atoms with Gasteiger partial charge < -0.3 is 9.84 Å². The van der Waals surface area contributed by atoms with Crippen LogP contribution in [-0.4, -0.2) is 47.9 Å². The van der Waals surface area contributed by atoms with E-state index in [4.69, 9.17) is 4.52 Å². The molecule has 1 atom stereocenters. The topological polar surface area (TPSA) is 105 Å². The number of thiophene rings is 1. The van der Waals surface area contributed by atoms with Crippen molar-refractivity contribution < 1.29 is 17.7 Å². The van der Waals surface area contributed by atoms with E-state index in [1.165, 1.54) is 28.5 Å². The van der Waals surface area contributed by atoms with E-state index < -0.39 is 10.0 Å². The first-order valence-electron chi connectivity index (χ1n) is 11.1. The Bertz CT molecular complexity index is 1020. The Morgan fingerprint density at radius 2 is 1.90 bits per heavy atom. The number of hydrogen-bond donors (Lipinski definition) is 1. The maximum absolute atomic E-state index is 13.4. The first kappa shape index (κ1) is 22.4. The highest BCUT2D eigenvalue weighted by Gasteiger charge is 2.35. The van der Waals surface area contributed by atoms with Crippen molar-refractivity contribution in [1.82, 2.24) is 19.8 Å². The minimum Gasteiger partial charge on any atom is -0.353 e. The monoisotopic (exact) mass is 466 g/mol. The lowest BCUT2D eigenvalue weighted by Crippen LogP contribution is -2.47. The second-order valence-electron chi connectivity index (χ2n) is 8.57. The van der Waals surface area contributed by atoms with Crippen molar-refractivity contribution in [3.8, 4) is 10.7 Å². The first-order chi connectivity index (χ1) is 14.8. The molecule has 2 aromatic rings. The molecule has 2 aliphatic rings. The fourth-order valence-electron chi connectivity index (χ4n) is 4.49. The average Bonchev–Trinajstić information content (AvgIpc) is 3.26. The lowest BCUT2D eigenvalue weighted by atomic mass is 9.97. The summed E-state index contributed by atoms with van der Waals surface area (Å²) < 4.78 is 33.3. The number of piperidine rings is 1. The fourth-order valence-corrected chi connectivity index (χ4v) is 7.50. The molecule has 8 nitrogen and oxygen atoms in total. The molecular weight excluding hydrogens is 436 g/mol. The largest absolute Gasteiger partial charge is 0.353 e. The van der Waals surface area contributed by atoms with E-state index in [9.17, 15) is 13.2 Å². The molecule has 3 heterocycles. The summed E-state index contributed by atoms with van der Waals surface area (Å²) in [7, 11) is -3.70. The molecule has 1 aliphatic carbocycles. The Morgan fingerprint density at radius 3 is 2.58 bits per heavy atom. The second kappa shape index (κ2) is 9.38. The van der Waals surface area contributed by atoms with Gasteiger partial charge in [0, 0.05) is 30.9 Å². The summed E-state index contributed by atoms with van der Waals surface area (Å²) >= 11 is 1.33. The van der Waals surface area contributed by atoms with E-state index >= 15 is 0 Å². The third-order valence-corrected chi connectivity index (χ3v) is 9.36. The quantitative estimate of drug-likeness (QED) is 0.674. The Balaban J connectivity index is 1.47. The average molecular weight is 467 g/mol. The Hall–Kier alpha value is -1.78. The van der Waals surface area contributed by atoms with Crippen LogP contribution < -0.4 is 5.32 Å². The molecule has 170 valence electrons. The zero-order valence-corrected chi connectivity index (χ0v) is 19.7. The van der Waals surface area contributed by atoms with Crippen molar-refractivity contribution in [3.05, 3.63) is 16.8 Å². The van der Waals surface area contributed by atoms with Crippen LogP contribution in [0.5, 0.6) is 0 Å². The first-order valence-corrected chi connectivity index (χ1v) is 13.3. The van der Waals surface area contributed by atoms with Gasteiger partial charge in [0.25, 0.3) is 0 Å². The second-order valence-corrected chi connectivity index (χ2v) is 11.7. The molecule has 2 aromatic heterocycles. The standard InChI is InChI=1S/C21H30N4O4S2/c1-14-19(12-18(30-14)20-22-15(2)29-24-20)31(27,28)25-11-7-8-16(13-25)21(26)23-17-9-5-3-4-6-10-17/h12,16-17H,3-11,13H2,1-2H3,(H,23,26). The summed E-state index contributed by atoms with van der Waals surface area (Å²) in [4.78, 5) is 18.7. The number of nitrogens with zero attached hydrogens (tertiary/aromatic N) is 3. The van der Waals surface area contributed by atoms with Crippen molar-refractivity contribution in [2.45, 2.75) is 76.2 Å². The maximum atomic E-state index is 13.4. The lowest BCUT2D eigenvalue weighted by Gasteiger charge is -2.32. The number of aromatic nitrogens is 2. The molecule has 0 bridgehead atoms. The van der Waals surface area contributed by atoms with Gasteiger partial charge in [0.15, 0.2) is 0 Å². The van der Waals surface area contributed by atoms with Crippen LogP contribution >= 0.6 is 11.3 Å². The van der Waals surface area contributed by atoms with Crippen LogP contribution in [0.25, 0.3) is 10.7 Å². The van der Waals surface area contributed by atoms with Crippen molar-refractivity contribution in [1.29, 1.82) is 0 Å². The molecule has 1 saturated carbocycles. The molecule has 1 N–H and O–H groups in total. The molecule has 1 saturated heterocycles. The molecule has 2 fully saturated rings. The molecule has 10 heteroatoms. The zero-order chi connectivity index (χ0) is 22.0. The molecule has 0 spiro atoms. The van der Waals surface area contributed by atoms with Gasteiger partial charge in [-0.2, -0.15) is 9.29 Å². The number of aryl methyl sites for hydroxylation is 2. The van der Waals surface area contributed by atoms with Crippen molar-refractivity contribution in [2.24, 2.45) is 5.92 Å². The zero-order valence-electron chi connectivity index (χ0n) is 18.1. The van der Waals surface area contributed by atoms with Crippen LogP contribution in [0.15, 0.2) is 15.5 Å². The van der Waals surface area contributed by atoms with E-state index in [1.807, 2.05) is 0 Å². The van der Waals surface area contributed by atoms with Crippen LogP contribution in [0.1, 0.15) is 62.1 Å². The Kier molecular flexibility index (Phi) is 6.78. The van der Waals surface area contributed by atoms with E-state index in [-0.39, 0.29) is 29.3 Å². The molecule has 1 amide bonds. The molecular formula is C21H30N4O4S2. The van der Waals surface area contributed by atoms with Gasteiger partial charge in [-0.1, -0.05) is 30.8 Å². The minimum atomic E-state index is -3.70. The third-order valence-electron chi connectivity index (χ3n) is 6.19. The third kappa shape index (κ3) is 5.01. The number of sulfonamides is 1. The predicted octanol–water partition coefficient (Wildman–Crippen LogP) is 3.65. The number of carbonyl (C=O) groups excluding carboxylic acids is 1. The van der Waals surface area contributed by atoms with Crippen molar-refractivity contribution in [3.63, 3.8) is 0 Å². The van der Waals surface area contributed by atoms with Gasteiger partial charge in [-0.05, 0) is 38.7 Å². The minimum absolute atomic E-state index is 0.00296. The smallest absolute Gasteiger partial charge is 0.244 e. The number of carbonyl (C=O) groups is 1. The van der Waals surface area contributed by atoms with Crippen LogP contribution in [-0.2, 0) is 14.8 Å². The van der Waals surface area contributed by atoms with Gasteiger partial charge in [-0.15, -0.1) is 11.3 Å². The van der Waals surface area contributed by atoms with Gasteiger partial charge in [0.05, 0.1) is 15.7 Å². The normalized spacial score (nSPS) is 21.7. The lowest BCUT2D eigenvalue weighted by molar-refractivity contribution is -0.126. The van der Waals surface area contributed by atoms with Gasteiger partial charge in [-0.3, -0.25) is 4.79 Å². The van der Waals surface area contributed by atoms with Crippen LogP contribution in [0.4, 0.5) is 0 Å². The van der Waals surface area contributed by atoms with Crippen molar-refractivity contribution in [2.75, 3.05) is 13.1 Å². The summed E-state index contributed by atoms with van der Waals surface area (Å²) in [5.41, 5.74) is 0. The van der Waals surface area contributed by atoms with Gasteiger partial charge >= 0.3 is 0 Å². The van der Waals surface area contributed by atoms with Crippen molar-refractivity contribution >= 4 is 27.3 Å². The Morgan fingerprint density at radius 1 is 1.16 bits per heavy atom. The van der Waals surface area contributed by atoms with E-state index in [1.54, 1.807) is 19.9 Å². The van der Waals surface area contributed by atoms with Gasteiger partial charge in [0.1, 0.15) is 0 Å². The number of nitrogens with one attached hydrogen (secondary N) is 1. The van der Waals surface area contributed by atoms with E-state index in [2.05, 4.69) is 15.5 Å². The summed E-state index contributed by atoms with van der Waals surface area (Å²) in [5.74, 6) is 0.525. The summed E-state index contributed by atoms with van der Waals surface area (Å²) in [6, 6.07) is 1.84. The summed E-state index contributed by atoms with van der Waals surface area (Å²) in [6.45, 7) is 4.14. The number of hydrogen-bond acceptors (Lipinski definition) is 7. The molecule has 31 heavy (non-hydrogen) atoms. The molecule has 1 aliphatic heterocycles. The van der Waals surface area contributed by atoms with Crippen LogP contribution in [0.2, 0.25) is 0 Å². The van der Waals surface area contributed by atoms with E-state index in [0.29, 0.717) is 34.4 Å². The highest BCUT2D eigenvalue weighted by molar-refractivity contribution is 7.89. The van der Waals surface area contributed by atoms with Crippen LogP contribution in [0.3, 0.4) is 0 Å². The SMILES string of the molecule is Cc1nc(-c2cc(S(=O)(=O)N3CCCC(C(=O)NC4CCCCCC4)C3)c(C)s2)no1. The van der Waals surface area contributed by atoms with Gasteiger partial charge in [-0.25, -0.2) is 8.42 Å². The van der Waals surface area contributed by atoms with Crippen LogP contribution in [0, 0.1) is 19.8 Å². The molecule has 0 radical (unpaired) electrons. The molecule has 4 rings (SSSR count). The fraction of sp³-hybridized carbons (Fsp3) is 0.667. The maximum Gasteiger partial charge on any atom is 0.244 e. The molecule has 0 aromatic carbocycles. The number of rotatable bonds is 5. The summed E-state index contributed by atoms with van der Waals surface area (Å²) in [5, 5.41) is 7.09. The van der Waals surface area contributed by atoms with Gasteiger partial charge in [0.2, 0.25) is 27.6 Å². The predicted molar refractivity (Wildman–Crippen MR) is 118 cm³/mol. The number of amides is 1. The summed E-state index contributed by atoms with van der Waals surface area (Å²) in [6.07, 6.45) is 8.20.